The molecule has 0 spiro atoms. The van der Waals surface area contributed by atoms with Crippen molar-refractivity contribution in [3.63, 3.8) is 0 Å². The molecule has 0 atom stereocenters. The molecule has 1 amide bonds. The van der Waals surface area contributed by atoms with Crippen LogP contribution in [-0.2, 0) is 6.54 Å². The number of hydrogen-bond acceptors (Lipinski definition) is 6. The van der Waals surface area contributed by atoms with Gasteiger partial charge in [-0.3, -0.25) is 14.7 Å². The Balaban J connectivity index is 1.33. The molecule has 26 heavy (non-hydrogen) atoms. The van der Waals surface area contributed by atoms with E-state index in [4.69, 9.17) is 5.73 Å². The first-order valence-electron chi connectivity index (χ1n) is 9.33. The van der Waals surface area contributed by atoms with Crippen LogP contribution in [0.2, 0.25) is 0 Å². The molecule has 2 aromatic rings. The number of carbonyl (C=O) groups excluding carboxylic acids is 1. The van der Waals surface area contributed by atoms with Gasteiger partial charge in [-0.2, -0.15) is 0 Å². The minimum Gasteiger partial charge on any atom is -0.399 e. The van der Waals surface area contributed by atoms with Crippen LogP contribution in [0.3, 0.4) is 0 Å². The summed E-state index contributed by atoms with van der Waals surface area (Å²) >= 11 is 0. The predicted octanol–water partition coefficient (Wildman–Crippen LogP) is 1.33. The zero-order valence-electron chi connectivity index (χ0n) is 14.9. The van der Waals surface area contributed by atoms with Crippen LogP contribution >= 0.6 is 0 Å². The average Bonchev–Trinajstić information content (AvgIpc) is 3.34. The molecule has 0 aliphatic carbocycles. The second-order valence-electron chi connectivity index (χ2n) is 7.17. The Morgan fingerprint density at radius 1 is 1.19 bits per heavy atom. The number of piperidine rings is 1. The molecule has 8 heteroatoms. The Morgan fingerprint density at radius 3 is 2.69 bits per heavy atom. The van der Waals surface area contributed by atoms with Crippen molar-refractivity contribution in [1.82, 2.24) is 29.8 Å². The van der Waals surface area contributed by atoms with Crippen molar-refractivity contribution < 1.29 is 4.79 Å². The summed E-state index contributed by atoms with van der Waals surface area (Å²) in [5.74, 6) is -0.0518. The Morgan fingerprint density at radius 2 is 1.96 bits per heavy atom. The van der Waals surface area contributed by atoms with Crippen LogP contribution in [0.5, 0.6) is 0 Å². The molecular formula is C18H25N7O. The van der Waals surface area contributed by atoms with Crippen LogP contribution in [0.4, 0.5) is 5.69 Å². The van der Waals surface area contributed by atoms with Crippen LogP contribution in [0.15, 0.2) is 24.5 Å². The quantitative estimate of drug-likeness (QED) is 0.889. The van der Waals surface area contributed by atoms with Gasteiger partial charge in [-0.25, -0.2) is 4.68 Å². The number of likely N-dealkylation sites (tertiary alicyclic amines) is 2. The molecule has 0 radical (unpaired) electrons. The van der Waals surface area contributed by atoms with Crippen LogP contribution < -0.4 is 5.73 Å². The zero-order chi connectivity index (χ0) is 17.9. The van der Waals surface area contributed by atoms with E-state index in [9.17, 15) is 4.79 Å². The maximum atomic E-state index is 12.6. The van der Waals surface area contributed by atoms with Crippen molar-refractivity contribution in [3.8, 4) is 0 Å². The van der Waals surface area contributed by atoms with E-state index in [1.807, 2.05) is 9.58 Å². The summed E-state index contributed by atoms with van der Waals surface area (Å²) in [4.78, 5) is 21.0. The number of pyridine rings is 1. The first-order chi connectivity index (χ1) is 12.7. The van der Waals surface area contributed by atoms with Gasteiger partial charge in [-0.15, -0.1) is 5.10 Å². The average molecular weight is 355 g/mol. The van der Waals surface area contributed by atoms with E-state index < -0.39 is 0 Å². The van der Waals surface area contributed by atoms with E-state index in [0.717, 1.165) is 38.2 Å². The topological polar surface area (TPSA) is 93.2 Å². The number of nitrogens with zero attached hydrogens (tertiary/aromatic N) is 6. The minimum absolute atomic E-state index is 0.0518. The van der Waals surface area contributed by atoms with E-state index in [-0.39, 0.29) is 5.91 Å². The predicted molar refractivity (Wildman–Crippen MR) is 97.4 cm³/mol. The zero-order valence-corrected chi connectivity index (χ0v) is 14.9. The summed E-state index contributed by atoms with van der Waals surface area (Å²) in [5.41, 5.74) is 7.76. The van der Waals surface area contributed by atoms with Crippen molar-refractivity contribution in [1.29, 1.82) is 0 Å². The van der Waals surface area contributed by atoms with Gasteiger partial charge in [0.1, 0.15) is 5.69 Å². The van der Waals surface area contributed by atoms with Gasteiger partial charge < -0.3 is 10.6 Å². The highest BCUT2D eigenvalue weighted by Crippen LogP contribution is 2.23. The van der Waals surface area contributed by atoms with Crippen molar-refractivity contribution in [2.24, 2.45) is 0 Å². The highest BCUT2D eigenvalue weighted by Gasteiger charge is 2.26. The van der Waals surface area contributed by atoms with Crippen LogP contribution in [0, 0.1) is 0 Å². The van der Waals surface area contributed by atoms with Gasteiger partial charge in [0, 0.05) is 31.5 Å². The normalized spacial score (nSPS) is 19.2. The number of anilines is 1. The summed E-state index contributed by atoms with van der Waals surface area (Å²) in [6, 6.07) is 3.62. The van der Waals surface area contributed by atoms with E-state index >= 15 is 0 Å². The number of hydrogen-bond donors (Lipinski definition) is 1. The molecule has 0 saturated carbocycles. The summed E-state index contributed by atoms with van der Waals surface area (Å²) in [5, 5.41) is 8.66. The molecule has 2 aliphatic rings. The van der Waals surface area contributed by atoms with Gasteiger partial charge in [0.2, 0.25) is 0 Å². The van der Waals surface area contributed by atoms with Gasteiger partial charge in [-0.1, -0.05) is 5.21 Å². The van der Waals surface area contributed by atoms with Crippen molar-refractivity contribution >= 4 is 11.6 Å². The second-order valence-corrected chi connectivity index (χ2v) is 7.17. The summed E-state index contributed by atoms with van der Waals surface area (Å²) in [6.45, 7) is 4.60. The largest absolute Gasteiger partial charge is 0.399 e. The number of nitrogens with two attached hydrogens (primary N) is 1. The molecule has 2 N–H and O–H groups in total. The maximum absolute atomic E-state index is 12.6. The summed E-state index contributed by atoms with van der Waals surface area (Å²) in [7, 11) is 0. The Labute approximate surface area is 153 Å². The first-order valence-corrected chi connectivity index (χ1v) is 9.33. The number of rotatable bonds is 4. The molecule has 0 unspecified atom stereocenters. The van der Waals surface area contributed by atoms with Crippen molar-refractivity contribution in [2.75, 3.05) is 31.9 Å². The Bertz CT molecular complexity index is 760. The molecule has 138 valence electrons. The third-order valence-electron chi connectivity index (χ3n) is 5.27. The second kappa shape index (κ2) is 7.41. The molecule has 0 bridgehead atoms. The molecule has 2 saturated heterocycles. The van der Waals surface area contributed by atoms with Gasteiger partial charge in [0.15, 0.2) is 0 Å². The fraction of sp³-hybridized carbons (Fsp3) is 0.556. The summed E-state index contributed by atoms with van der Waals surface area (Å²) < 4.78 is 1.98. The van der Waals surface area contributed by atoms with Crippen LogP contribution in [-0.4, -0.2) is 61.9 Å². The number of amides is 1. The molecule has 4 rings (SSSR count). The molecule has 4 heterocycles. The standard InChI is InChI=1S/C18H25N7O/c19-14-3-6-20-17(11-14)18(26)24-9-4-16(5-10-24)25-13-15(21-22-25)12-23-7-1-2-8-23/h3,6,11,13,16H,1-2,4-5,7-10,12H2,(H2,19,20). The molecule has 0 aromatic carbocycles. The molecular weight excluding hydrogens is 330 g/mol. The van der Waals surface area contributed by atoms with Gasteiger partial charge in [0.25, 0.3) is 5.91 Å². The highest BCUT2D eigenvalue weighted by molar-refractivity contribution is 5.93. The van der Waals surface area contributed by atoms with Gasteiger partial charge >= 0.3 is 0 Å². The van der Waals surface area contributed by atoms with Crippen molar-refractivity contribution in [2.45, 2.75) is 38.3 Å². The SMILES string of the molecule is Nc1ccnc(C(=O)N2CCC(n3cc(CN4CCCC4)nn3)CC2)c1. The highest BCUT2D eigenvalue weighted by atomic mass is 16.2. The van der Waals surface area contributed by atoms with E-state index in [1.54, 1.807) is 18.3 Å². The third kappa shape index (κ3) is 3.70. The van der Waals surface area contributed by atoms with Crippen LogP contribution in [0.25, 0.3) is 0 Å². The fourth-order valence-electron chi connectivity index (χ4n) is 3.79. The van der Waals surface area contributed by atoms with E-state index in [0.29, 0.717) is 30.5 Å². The smallest absolute Gasteiger partial charge is 0.272 e. The van der Waals surface area contributed by atoms with E-state index in [2.05, 4.69) is 26.4 Å². The lowest BCUT2D eigenvalue weighted by Crippen LogP contribution is -2.39. The van der Waals surface area contributed by atoms with Crippen LogP contribution in [0.1, 0.15) is 47.9 Å². The summed E-state index contributed by atoms with van der Waals surface area (Å²) in [6.07, 6.45) is 7.96. The lowest BCUT2D eigenvalue weighted by atomic mass is 10.0. The molecule has 2 aliphatic heterocycles. The first kappa shape index (κ1) is 17.0. The van der Waals surface area contributed by atoms with E-state index in [1.165, 1.54) is 12.8 Å². The van der Waals surface area contributed by atoms with Crippen molar-refractivity contribution in [3.05, 3.63) is 35.9 Å². The molecule has 8 nitrogen and oxygen atoms in total. The molecule has 2 fully saturated rings. The lowest BCUT2D eigenvalue weighted by molar-refractivity contribution is 0.0683. The van der Waals surface area contributed by atoms with Gasteiger partial charge in [-0.05, 0) is 50.9 Å². The minimum atomic E-state index is -0.0518. The Hall–Kier alpha value is -2.48. The lowest BCUT2D eigenvalue weighted by Gasteiger charge is -2.31. The third-order valence-corrected chi connectivity index (χ3v) is 5.27. The number of aromatic nitrogens is 4. The molecule has 2 aromatic heterocycles. The Kier molecular flexibility index (Phi) is 4.83. The monoisotopic (exact) mass is 355 g/mol. The van der Waals surface area contributed by atoms with Gasteiger partial charge in [0.05, 0.1) is 17.9 Å². The number of carbonyl (C=O) groups is 1. The maximum Gasteiger partial charge on any atom is 0.272 e. The number of nitrogen functional groups attached to an aromatic ring is 1. The fourth-order valence-corrected chi connectivity index (χ4v) is 3.79.